The standard InChI is InChI=1S/C8H10N2O.C5H10O5/c1-10(2)8(11)7-4-3-5-9-6-7;6-1-2-3(7)4(8)5(9)10-2/h3-6H,1-2H3;2-9H,1H2/t;2-,3-,4-,5?/m.1/s1. The summed E-state index contributed by atoms with van der Waals surface area (Å²) in [6.07, 6.45) is -1.55. The molecule has 1 saturated heterocycles. The third-order valence-corrected chi connectivity index (χ3v) is 2.83. The van der Waals surface area contributed by atoms with E-state index in [0.717, 1.165) is 0 Å². The SMILES string of the molecule is CN(C)C(=O)c1cccnc1.OC[C@H]1OC(O)[C@H](O)[C@@H]1O. The lowest BCUT2D eigenvalue weighted by Crippen LogP contribution is -2.33. The maximum Gasteiger partial charge on any atom is 0.254 e. The van der Waals surface area contributed by atoms with Crippen molar-refractivity contribution in [2.24, 2.45) is 0 Å². The highest BCUT2D eigenvalue weighted by Crippen LogP contribution is 2.18. The van der Waals surface area contributed by atoms with Gasteiger partial charge in [-0.3, -0.25) is 9.78 Å². The molecule has 0 bridgehead atoms. The first-order chi connectivity index (χ1) is 9.88. The van der Waals surface area contributed by atoms with Gasteiger partial charge in [0.15, 0.2) is 6.29 Å². The van der Waals surface area contributed by atoms with Crippen molar-refractivity contribution < 1.29 is 30.0 Å². The highest BCUT2D eigenvalue weighted by Gasteiger charge is 2.41. The van der Waals surface area contributed by atoms with Crippen LogP contribution in [-0.4, -0.2) is 81.5 Å². The van der Waals surface area contributed by atoms with Crippen molar-refractivity contribution in [2.45, 2.75) is 24.6 Å². The topological polar surface area (TPSA) is 123 Å². The molecule has 1 aromatic heterocycles. The van der Waals surface area contributed by atoms with Crippen LogP contribution in [0.2, 0.25) is 0 Å². The molecule has 118 valence electrons. The Labute approximate surface area is 122 Å². The summed E-state index contributed by atoms with van der Waals surface area (Å²) in [4.78, 5) is 16.6. The van der Waals surface area contributed by atoms with Crippen LogP contribution >= 0.6 is 0 Å². The van der Waals surface area contributed by atoms with E-state index in [1.165, 1.54) is 4.90 Å². The molecule has 0 spiro atoms. The molecular weight excluding hydrogens is 280 g/mol. The van der Waals surface area contributed by atoms with Crippen LogP contribution in [0.15, 0.2) is 24.5 Å². The number of carbonyl (C=O) groups excluding carboxylic acids is 1. The summed E-state index contributed by atoms with van der Waals surface area (Å²) < 4.78 is 4.54. The fourth-order valence-corrected chi connectivity index (χ4v) is 1.63. The maximum atomic E-state index is 11.2. The molecule has 1 aliphatic heterocycles. The van der Waals surface area contributed by atoms with Gasteiger partial charge in [-0.25, -0.2) is 0 Å². The van der Waals surface area contributed by atoms with Crippen LogP contribution in [0.4, 0.5) is 0 Å². The van der Waals surface area contributed by atoms with E-state index in [1.807, 2.05) is 0 Å². The fraction of sp³-hybridized carbons (Fsp3) is 0.538. The second-order valence-corrected chi connectivity index (χ2v) is 4.67. The van der Waals surface area contributed by atoms with E-state index in [1.54, 1.807) is 38.6 Å². The highest BCUT2D eigenvalue weighted by atomic mass is 16.6. The molecule has 21 heavy (non-hydrogen) atoms. The van der Waals surface area contributed by atoms with Gasteiger partial charge in [0, 0.05) is 26.5 Å². The van der Waals surface area contributed by atoms with Crippen LogP contribution in [0.5, 0.6) is 0 Å². The van der Waals surface area contributed by atoms with Crippen LogP contribution in [0.25, 0.3) is 0 Å². The van der Waals surface area contributed by atoms with Crippen LogP contribution in [0, 0.1) is 0 Å². The largest absolute Gasteiger partial charge is 0.394 e. The minimum absolute atomic E-state index is 0.0156. The Kier molecular flexibility index (Phi) is 6.66. The molecule has 1 amide bonds. The van der Waals surface area contributed by atoms with Crippen molar-refractivity contribution in [3.05, 3.63) is 30.1 Å². The zero-order valence-electron chi connectivity index (χ0n) is 11.8. The number of rotatable bonds is 2. The van der Waals surface area contributed by atoms with Gasteiger partial charge >= 0.3 is 0 Å². The Bertz CT molecular complexity index is 442. The summed E-state index contributed by atoms with van der Waals surface area (Å²) in [6.45, 7) is -0.407. The lowest BCUT2D eigenvalue weighted by molar-refractivity contribution is -0.132. The molecule has 2 heterocycles. The van der Waals surface area contributed by atoms with Crippen LogP contribution in [-0.2, 0) is 4.74 Å². The van der Waals surface area contributed by atoms with Gasteiger partial charge in [-0.1, -0.05) is 0 Å². The molecule has 8 heteroatoms. The molecule has 1 fully saturated rings. The van der Waals surface area contributed by atoms with Crippen molar-refractivity contribution in [2.75, 3.05) is 20.7 Å². The third kappa shape index (κ3) is 4.73. The third-order valence-electron chi connectivity index (χ3n) is 2.83. The van der Waals surface area contributed by atoms with E-state index in [4.69, 9.17) is 20.4 Å². The van der Waals surface area contributed by atoms with Crippen LogP contribution in [0.3, 0.4) is 0 Å². The number of aliphatic hydroxyl groups is 4. The van der Waals surface area contributed by atoms with Crippen molar-refractivity contribution in [3.8, 4) is 0 Å². The highest BCUT2D eigenvalue weighted by molar-refractivity contribution is 5.93. The number of nitrogens with zero attached hydrogens (tertiary/aromatic N) is 2. The summed E-state index contributed by atoms with van der Waals surface area (Å²) in [5.41, 5.74) is 0.623. The zero-order valence-corrected chi connectivity index (χ0v) is 11.8. The predicted molar refractivity (Wildman–Crippen MR) is 72.2 cm³/mol. The summed E-state index contributed by atoms with van der Waals surface area (Å²) in [7, 11) is 3.44. The normalized spacial score (nSPS) is 27.7. The Hall–Kier alpha value is -1.58. The van der Waals surface area contributed by atoms with Gasteiger partial charge in [-0.2, -0.15) is 0 Å². The number of pyridine rings is 1. The van der Waals surface area contributed by atoms with Crippen molar-refractivity contribution >= 4 is 5.91 Å². The van der Waals surface area contributed by atoms with Crippen molar-refractivity contribution in [1.82, 2.24) is 9.88 Å². The summed E-state index contributed by atoms with van der Waals surface area (Å²) in [5.74, 6) is -0.0156. The number of ether oxygens (including phenoxy) is 1. The van der Waals surface area contributed by atoms with Gasteiger partial charge in [0.25, 0.3) is 5.91 Å². The van der Waals surface area contributed by atoms with Gasteiger partial charge in [-0.05, 0) is 12.1 Å². The average molecular weight is 300 g/mol. The number of carbonyl (C=O) groups is 1. The number of aliphatic hydroxyl groups excluding tert-OH is 4. The van der Waals surface area contributed by atoms with E-state index in [2.05, 4.69) is 9.72 Å². The first kappa shape index (κ1) is 17.5. The average Bonchev–Trinajstić information content (AvgIpc) is 2.75. The minimum atomic E-state index is -1.38. The Morgan fingerprint density at radius 2 is 2.00 bits per heavy atom. The number of hydrogen-bond acceptors (Lipinski definition) is 7. The quantitative estimate of drug-likeness (QED) is 0.508. The first-order valence-electron chi connectivity index (χ1n) is 6.30. The second kappa shape index (κ2) is 8.01. The lowest BCUT2D eigenvalue weighted by Gasteiger charge is -2.09. The smallest absolute Gasteiger partial charge is 0.254 e. The molecule has 4 atom stereocenters. The van der Waals surface area contributed by atoms with Gasteiger partial charge in [0.2, 0.25) is 0 Å². The van der Waals surface area contributed by atoms with Gasteiger partial charge in [0.1, 0.15) is 18.3 Å². The van der Waals surface area contributed by atoms with Gasteiger partial charge < -0.3 is 30.1 Å². The second-order valence-electron chi connectivity index (χ2n) is 4.67. The number of amides is 1. The summed E-state index contributed by atoms with van der Waals surface area (Å²) in [5, 5.41) is 35.0. The molecule has 0 saturated carbocycles. The van der Waals surface area contributed by atoms with E-state index in [-0.39, 0.29) is 5.91 Å². The molecule has 0 radical (unpaired) electrons. The Balaban J connectivity index is 0.000000211. The molecule has 1 aliphatic rings. The van der Waals surface area contributed by atoms with Crippen molar-refractivity contribution in [3.63, 3.8) is 0 Å². The van der Waals surface area contributed by atoms with Crippen LogP contribution < -0.4 is 0 Å². The van der Waals surface area contributed by atoms with Crippen LogP contribution in [0.1, 0.15) is 10.4 Å². The Morgan fingerprint density at radius 1 is 1.33 bits per heavy atom. The van der Waals surface area contributed by atoms with Crippen molar-refractivity contribution in [1.29, 1.82) is 0 Å². The van der Waals surface area contributed by atoms with E-state index < -0.39 is 31.2 Å². The molecule has 8 nitrogen and oxygen atoms in total. The lowest BCUT2D eigenvalue weighted by atomic mass is 10.1. The molecule has 0 aliphatic carbocycles. The number of hydrogen-bond donors (Lipinski definition) is 4. The molecule has 1 aromatic rings. The van der Waals surface area contributed by atoms with E-state index in [0.29, 0.717) is 5.56 Å². The van der Waals surface area contributed by atoms with E-state index >= 15 is 0 Å². The number of aromatic nitrogens is 1. The minimum Gasteiger partial charge on any atom is -0.394 e. The molecule has 2 rings (SSSR count). The molecule has 4 N–H and O–H groups in total. The molecule has 1 unspecified atom stereocenters. The van der Waals surface area contributed by atoms with E-state index in [9.17, 15) is 4.79 Å². The summed E-state index contributed by atoms with van der Waals surface area (Å²) in [6, 6.07) is 3.49. The predicted octanol–water partition coefficient (Wildman–Crippen LogP) is -1.80. The van der Waals surface area contributed by atoms with Gasteiger partial charge in [-0.15, -0.1) is 0 Å². The monoisotopic (exact) mass is 300 g/mol. The maximum absolute atomic E-state index is 11.2. The Morgan fingerprint density at radius 3 is 2.33 bits per heavy atom. The fourth-order valence-electron chi connectivity index (χ4n) is 1.63. The molecular formula is C13H20N2O6. The zero-order chi connectivity index (χ0) is 16.0. The van der Waals surface area contributed by atoms with Gasteiger partial charge in [0.05, 0.1) is 12.2 Å². The summed E-state index contributed by atoms with van der Waals surface area (Å²) >= 11 is 0. The molecule has 0 aromatic carbocycles. The first-order valence-corrected chi connectivity index (χ1v) is 6.30.